The molecule has 2 aromatic heterocycles. The van der Waals surface area contributed by atoms with Gasteiger partial charge >= 0.3 is 11.7 Å². The number of fused-ring (bicyclic) bond motifs is 1. The van der Waals surface area contributed by atoms with Crippen molar-refractivity contribution in [3.63, 3.8) is 0 Å². The molecule has 0 aliphatic carbocycles. The van der Waals surface area contributed by atoms with E-state index in [4.69, 9.17) is 22.5 Å². The maximum absolute atomic E-state index is 12.4. The summed E-state index contributed by atoms with van der Waals surface area (Å²) in [5.74, 6) is 1.66. The molecule has 0 atom stereocenters. The molecule has 0 bridgehead atoms. The molecule has 3 aliphatic rings. The van der Waals surface area contributed by atoms with E-state index >= 15 is 0 Å². The molecule has 0 amide bonds. The summed E-state index contributed by atoms with van der Waals surface area (Å²) in [6.45, 7) is 15.9. The molecule has 4 aromatic rings. The van der Waals surface area contributed by atoms with Crippen LogP contribution in [0, 0.1) is 10.1 Å². The average molecular weight is 952 g/mol. The molecule has 69 heavy (non-hydrogen) atoms. The van der Waals surface area contributed by atoms with Gasteiger partial charge in [-0.2, -0.15) is 19.9 Å². The number of hydrogen-bond acceptors (Lipinski definition) is 17. The number of benzene rings is 2. The molecule has 7 rings (SSSR count). The van der Waals surface area contributed by atoms with Gasteiger partial charge in [-0.25, -0.2) is 0 Å². The topological polar surface area (TPSA) is 227 Å². The fourth-order valence-electron chi connectivity index (χ4n) is 8.70. The smallest absolute Gasteiger partial charge is 0.353 e. The summed E-state index contributed by atoms with van der Waals surface area (Å²) >= 11 is 0. The van der Waals surface area contributed by atoms with Gasteiger partial charge in [0.15, 0.2) is 0 Å². The largest absolute Gasteiger partial charge is 0.466 e. The van der Waals surface area contributed by atoms with Crippen LogP contribution >= 0.6 is 0 Å². The maximum atomic E-state index is 12.4. The molecule has 2 radical (unpaired) electrons. The predicted molar refractivity (Wildman–Crippen MR) is 279 cm³/mol. The molecule has 374 valence electrons. The van der Waals surface area contributed by atoms with E-state index in [-0.39, 0.29) is 62.0 Å². The number of hydrogen-bond donors (Lipinski definition) is 4. The van der Waals surface area contributed by atoms with Crippen LogP contribution in [0.15, 0.2) is 48.5 Å². The number of carbonyl (C=O) groups excluding carboxylic acids is 2. The van der Waals surface area contributed by atoms with Crippen molar-refractivity contribution in [2.75, 3.05) is 90.9 Å². The first-order valence-corrected chi connectivity index (χ1v) is 24.3. The highest BCUT2D eigenvalue weighted by Gasteiger charge is 2.29. The lowest BCUT2D eigenvalue weighted by Gasteiger charge is -2.25. The quantitative estimate of drug-likeness (QED) is 0.0202. The molecule has 3 aliphatic heterocycles. The predicted octanol–water partition coefficient (Wildman–Crippen LogP) is 7.11. The highest BCUT2D eigenvalue weighted by molar-refractivity contribution is 5.86. The number of carbonyl (C=O) groups is 2. The van der Waals surface area contributed by atoms with Crippen molar-refractivity contribution in [3.05, 3.63) is 86.5 Å². The normalized spacial score (nSPS) is 14.7. The SMILES string of the molecule is C.CCCCNc1nc(N)c([N+](=O)[O-])c(N(CCC(=O)OCC)Cc2cccc(CN3CCCC3)c2)n1.CCCCNc1nc(N)c2c(n1)N(Cc1cccc(CN3CCCC3)c1)CCC(=O)C2.[3H][B]. The number of ketones is 1. The van der Waals surface area contributed by atoms with Crippen molar-refractivity contribution < 1.29 is 19.2 Å². The lowest BCUT2D eigenvalue weighted by Crippen LogP contribution is -2.29. The van der Waals surface area contributed by atoms with E-state index < -0.39 is 4.92 Å². The monoisotopic (exact) mass is 952 g/mol. The Bertz CT molecular complexity index is 2260. The molecule has 2 aromatic carbocycles. The highest BCUT2D eigenvalue weighted by Crippen LogP contribution is 2.34. The van der Waals surface area contributed by atoms with Crippen LogP contribution in [0.1, 0.15) is 120 Å². The number of ether oxygens (including phenoxy) is 1. The second-order valence-electron chi connectivity index (χ2n) is 17.6. The number of nitrogen functional groups attached to an aromatic ring is 2. The summed E-state index contributed by atoms with van der Waals surface area (Å²) in [5, 5.41) is 18.3. The van der Waals surface area contributed by atoms with E-state index in [0.717, 1.165) is 75.4 Å². The van der Waals surface area contributed by atoms with E-state index in [0.29, 0.717) is 50.8 Å². The number of anilines is 6. The summed E-state index contributed by atoms with van der Waals surface area (Å²) in [6, 6.07) is 16.9. The Hall–Kier alpha value is -6.08. The fourth-order valence-corrected chi connectivity index (χ4v) is 8.70. The third-order valence-electron chi connectivity index (χ3n) is 12.2. The fraction of sp³-hybridized carbons (Fsp3) is 0.560. The van der Waals surface area contributed by atoms with Crippen molar-refractivity contribution in [1.82, 2.24) is 29.7 Å². The van der Waals surface area contributed by atoms with Gasteiger partial charge in [-0.1, -0.05) is 82.6 Å². The van der Waals surface area contributed by atoms with E-state index in [1.54, 1.807) is 11.8 Å². The minimum atomic E-state index is -0.568. The number of nitrogens with zero attached hydrogens (tertiary/aromatic N) is 9. The first kappa shape index (κ1) is 53.9. The number of nitro groups is 1. The zero-order valence-corrected chi connectivity index (χ0v) is 40.4. The van der Waals surface area contributed by atoms with E-state index in [1.165, 1.54) is 55.5 Å². The second-order valence-corrected chi connectivity index (χ2v) is 17.6. The van der Waals surface area contributed by atoms with Crippen LogP contribution in [0.4, 0.5) is 40.9 Å². The number of aromatic nitrogens is 4. The number of Topliss-reactive ketones (excluding diaryl/α,β-unsaturated/α-hetero) is 1. The molecule has 19 heteroatoms. The van der Waals surface area contributed by atoms with Crippen LogP contribution in [0.3, 0.4) is 0 Å². The molecule has 2 fully saturated rings. The minimum Gasteiger partial charge on any atom is -0.466 e. The Labute approximate surface area is 412 Å². The molecule has 0 unspecified atom stereocenters. The van der Waals surface area contributed by atoms with E-state index in [1.807, 2.05) is 12.1 Å². The van der Waals surface area contributed by atoms with Gasteiger partial charge in [0.1, 0.15) is 17.4 Å². The van der Waals surface area contributed by atoms with Crippen LogP contribution in [-0.2, 0) is 46.9 Å². The molecule has 5 heterocycles. The maximum Gasteiger partial charge on any atom is 0.353 e. The number of esters is 1. The van der Waals surface area contributed by atoms with Gasteiger partial charge in [0.25, 0.3) is 0 Å². The summed E-state index contributed by atoms with van der Waals surface area (Å²) in [6.07, 6.45) is 9.91. The van der Waals surface area contributed by atoms with Gasteiger partial charge in [0.05, 0.1) is 18.0 Å². The summed E-state index contributed by atoms with van der Waals surface area (Å²) in [5.41, 5.74) is 17.4. The van der Waals surface area contributed by atoms with Crippen LogP contribution < -0.4 is 31.9 Å². The lowest BCUT2D eigenvalue weighted by atomic mass is 10.1. The minimum absolute atomic E-state index is 0. The summed E-state index contributed by atoms with van der Waals surface area (Å²) < 4.78 is 10.3. The van der Waals surface area contributed by atoms with Crippen LogP contribution in [0.25, 0.3) is 0 Å². The van der Waals surface area contributed by atoms with Crippen LogP contribution in [0.2, 0.25) is 0 Å². The van der Waals surface area contributed by atoms with Crippen molar-refractivity contribution >= 4 is 61.0 Å². The number of nitrogens with two attached hydrogens (primary N) is 2. The standard InChI is InChI=1S/C25H37N7O4.C24H34N6O.CH4.BH/c1-3-5-12-27-25-28-23(26)22(32(34)35)24(29-25)31(15-11-21(33)36-4-2)18-20-10-8-9-19(16-20)17-30-13-6-7-14-30;1-2-3-10-26-24-27-22(25)21-15-20(31)9-13-30(23(21)28-24)17-19-8-6-7-18(14-19)16-29-11-4-5-12-29;;/h8-10,16H,3-7,11-15,17-18H2,1-2H3,(H3,26,27,28,29);6-8,14H,2-5,9-13,15-17H2,1H3,(H3,25,26,27,28);1H4;1H/i;;;1T. The third-order valence-corrected chi connectivity index (χ3v) is 12.2. The molecule has 18 nitrogen and oxygen atoms in total. The Morgan fingerprint density at radius 3 is 1.91 bits per heavy atom. The lowest BCUT2D eigenvalue weighted by molar-refractivity contribution is -0.383. The van der Waals surface area contributed by atoms with E-state index in [9.17, 15) is 19.7 Å². The van der Waals surface area contributed by atoms with E-state index in [2.05, 4.69) is 98.9 Å². The van der Waals surface area contributed by atoms with Crippen LogP contribution in [-0.4, -0.2) is 115 Å². The number of rotatable bonds is 22. The number of likely N-dealkylation sites (tertiary alicyclic amines) is 2. The van der Waals surface area contributed by atoms with Crippen molar-refractivity contribution in [2.45, 2.75) is 125 Å². The Balaban J connectivity index is 0.000000293. The molecule has 6 N–H and O–H groups in total. The van der Waals surface area contributed by atoms with Crippen molar-refractivity contribution in [2.24, 2.45) is 0 Å². The van der Waals surface area contributed by atoms with Gasteiger partial charge in [-0.3, -0.25) is 29.5 Å². The molecule has 0 saturated carbocycles. The first-order valence-electron chi connectivity index (χ1n) is 24.8. The van der Waals surface area contributed by atoms with Gasteiger partial charge in [0, 0.05) is 79.1 Å². The summed E-state index contributed by atoms with van der Waals surface area (Å²) in [4.78, 5) is 62.5. The number of nitrogens with one attached hydrogen (secondary N) is 2. The van der Waals surface area contributed by atoms with Gasteiger partial charge in [-0.15, -0.1) is 0 Å². The van der Waals surface area contributed by atoms with Gasteiger partial charge < -0.3 is 36.6 Å². The molecule has 0 spiro atoms. The zero-order valence-electron chi connectivity index (χ0n) is 41.4. The Morgan fingerprint density at radius 1 is 0.812 bits per heavy atom. The van der Waals surface area contributed by atoms with Crippen molar-refractivity contribution in [3.8, 4) is 0 Å². The van der Waals surface area contributed by atoms with Crippen LogP contribution in [0.5, 0.6) is 0 Å². The average Bonchev–Trinajstić information content (AvgIpc) is 4.03. The first-order chi connectivity index (χ1) is 33.5. The van der Waals surface area contributed by atoms with Crippen molar-refractivity contribution in [1.29, 1.82) is 1.34 Å². The third kappa shape index (κ3) is 16.8. The molecular formula is C50H76BN13O5. The highest BCUT2D eigenvalue weighted by atomic mass is 16.6. The zero-order chi connectivity index (χ0) is 49.5. The Kier molecular flexibility index (Phi) is 22.2. The molecule has 2 saturated heterocycles. The second kappa shape index (κ2) is 28.4. The number of unbranched alkanes of at least 4 members (excludes halogenated alkanes) is 2. The molecular weight excluding hydrogens is 873 g/mol. The van der Waals surface area contributed by atoms with Gasteiger partial charge in [-0.05, 0) is 95.2 Å². The summed E-state index contributed by atoms with van der Waals surface area (Å²) in [7, 11) is 3.75. The van der Waals surface area contributed by atoms with Gasteiger partial charge in [0.2, 0.25) is 23.5 Å². The Morgan fingerprint density at radius 2 is 1.35 bits per heavy atom.